The van der Waals surface area contributed by atoms with Crippen LogP contribution in [0.2, 0.25) is 0 Å². The van der Waals surface area contributed by atoms with E-state index < -0.39 is 0 Å². The molecule has 15 heavy (non-hydrogen) atoms. The van der Waals surface area contributed by atoms with Crippen LogP contribution in [0.5, 0.6) is 0 Å². The highest BCUT2D eigenvalue weighted by molar-refractivity contribution is 9.10. The molecule has 3 heteroatoms. The SMILES string of the molecule is C=CC1CC(=O)N(c2cccc(Br)c2)C1. The summed E-state index contributed by atoms with van der Waals surface area (Å²) in [5.41, 5.74) is 0.957. The van der Waals surface area contributed by atoms with Gasteiger partial charge in [-0.15, -0.1) is 6.58 Å². The molecule has 2 nitrogen and oxygen atoms in total. The van der Waals surface area contributed by atoms with Crippen molar-refractivity contribution >= 4 is 27.5 Å². The fourth-order valence-corrected chi connectivity index (χ4v) is 2.17. The maximum atomic E-state index is 11.7. The fraction of sp³-hybridized carbons (Fsp3) is 0.250. The van der Waals surface area contributed by atoms with Gasteiger partial charge in [-0.2, -0.15) is 0 Å². The molecule has 0 radical (unpaired) electrons. The first-order valence-corrected chi connectivity index (χ1v) is 5.68. The van der Waals surface area contributed by atoms with E-state index in [-0.39, 0.29) is 11.8 Å². The van der Waals surface area contributed by atoms with Gasteiger partial charge in [-0.05, 0) is 18.2 Å². The van der Waals surface area contributed by atoms with Gasteiger partial charge in [0, 0.05) is 29.0 Å². The van der Waals surface area contributed by atoms with Gasteiger partial charge >= 0.3 is 0 Å². The maximum absolute atomic E-state index is 11.7. The van der Waals surface area contributed by atoms with Gasteiger partial charge in [-0.1, -0.05) is 28.1 Å². The molecule has 1 atom stereocenters. The Morgan fingerprint density at radius 2 is 2.33 bits per heavy atom. The number of rotatable bonds is 2. The van der Waals surface area contributed by atoms with E-state index in [9.17, 15) is 4.79 Å². The fourth-order valence-electron chi connectivity index (χ4n) is 1.79. The molecule has 1 amide bonds. The van der Waals surface area contributed by atoms with Crippen LogP contribution < -0.4 is 4.90 Å². The van der Waals surface area contributed by atoms with Crippen molar-refractivity contribution in [2.75, 3.05) is 11.4 Å². The van der Waals surface area contributed by atoms with Crippen LogP contribution in [0.1, 0.15) is 6.42 Å². The van der Waals surface area contributed by atoms with E-state index in [2.05, 4.69) is 22.5 Å². The molecule has 1 unspecified atom stereocenters. The zero-order valence-electron chi connectivity index (χ0n) is 8.32. The molecule has 0 saturated carbocycles. The molecule has 1 fully saturated rings. The summed E-state index contributed by atoms with van der Waals surface area (Å²) in [4.78, 5) is 13.5. The summed E-state index contributed by atoms with van der Waals surface area (Å²) in [5, 5.41) is 0. The summed E-state index contributed by atoms with van der Waals surface area (Å²) < 4.78 is 0.995. The first kappa shape index (κ1) is 10.4. The Balaban J connectivity index is 2.25. The van der Waals surface area contributed by atoms with Gasteiger partial charge in [0.2, 0.25) is 5.91 Å². The van der Waals surface area contributed by atoms with Crippen molar-refractivity contribution in [2.24, 2.45) is 5.92 Å². The summed E-state index contributed by atoms with van der Waals surface area (Å²) in [6.07, 6.45) is 2.44. The normalized spacial score (nSPS) is 20.7. The molecule has 1 saturated heterocycles. The quantitative estimate of drug-likeness (QED) is 0.753. The molecule has 1 heterocycles. The highest BCUT2D eigenvalue weighted by Gasteiger charge is 2.28. The van der Waals surface area contributed by atoms with Gasteiger partial charge in [-0.3, -0.25) is 4.79 Å². The van der Waals surface area contributed by atoms with Gasteiger partial charge < -0.3 is 4.90 Å². The number of carbonyl (C=O) groups excluding carboxylic acids is 1. The second kappa shape index (κ2) is 4.19. The largest absolute Gasteiger partial charge is 0.312 e. The Labute approximate surface area is 97.7 Å². The van der Waals surface area contributed by atoms with Gasteiger partial charge in [-0.25, -0.2) is 0 Å². The first-order valence-electron chi connectivity index (χ1n) is 4.89. The van der Waals surface area contributed by atoms with Gasteiger partial charge in [0.15, 0.2) is 0 Å². The van der Waals surface area contributed by atoms with Crippen molar-refractivity contribution in [2.45, 2.75) is 6.42 Å². The van der Waals surface area contributed by atoms with E-state index >= 15 is 0 Å². The number of nitrogens with zero attached hydrogens (tertiary/aromatic N) is 1. The number of halogens is 1. The lowest BCUT2D eigenvalue weighted by Gasteiger charge is -2.16. The van der Waals surface area contributed by atoms with Crippen LogP contribution >= 0.6 is 15.9 Å². The highest BCUT2D eigenvalue weighted by atomic mass is 79.9. The molecule has 0 spiro atoms. The van der Waals surface area contributed by atoms with Crippen molar-refractivity contribution in [3.05, 3.63) is 41.4 Å². The molecule has 2 rings (SSSR count). The van der Waals surface area contributed by atoms with Gasteiger partial charge in [0.1, 0.15) is 0 Å². The van der Waals surface area contributed by atoms with E-state index in [1.807, 2.05) is 35.2 Å². The van der Waals surface area contributed by atoms with Crippen LogP contribution in [0.4, 0.5) is 5.69 Å². The van der Waals surface area contributed by atoms with Crippen LogP contribution in [0.15, 0.2) is 41.4 Å². The smallest absolute Gasteiger partial charge is 0.227 e. The van der Waals surface area contributed by atoms with Crippen molar-refractivity contribution < 1.29 is 4.79 Å². The number of anilines is 1. The van der Waals surface area contributed by atoms with Crippen molar-refractivity contribution in [3.63, 3.8) is 0 Å². The van der Waals surface area contributed by atoms with E-state index in [4.69, 9.17) is 0 Å². The van der Waals surface area contributed by atoms with Crippen LogP contribution in [0.3, 0.4) is 0 Å². The third-order valence-electron chi connectivity index (χ3n) is 2.61. The molecule has 0 aromatic heterocycles. The number of hydrogen-bond acceptors (Lipinski definition) is 1. The van der Waals surface area contributed by atoms with E-state index in [0.717, 1.165) is 16.7 Å². The lowest BCUT2D eigenvalue weighted by atomic mass is 10.1. The highest BCUT2D eigenvalue weighted by Crippen LogP contribution is 2.27. The monoisotopic (exact) mass is 265 g/mol. The summed E-state index contributed by atoms with van der Waals surface area (Å²) in [7, 11) is 0. The van der Waals surface area contributed by atoms with Crippen molar-refractivity contribution in [1.29, 1.82) is 0 Å². The lowest BCUT2D eigenvalue weighted by molar-refractivity contribution is -0.117. The van der Waals surface area contributed by atoms with Crippen molar-refractivity contribution in [1.82, 2.24) is 0 Å². The minimum absolute atomic E-state index is 0.179. The molecule has 0 aliphatic carbocycles. The average Bonchev–Trinajstić information content (AvgIpc) is 2.60. The molecule has 1 aliphatic rings. The third kappa shape index (κ3) is 2.12. The molecular weight excluding hydrogens is 254 g/mol. The predicted octanol–water partition coefficient (Wildman–Crippen LogP) is 2.99. The Morgan fingerprint density at radius 1 is 1.53 bits per heavy atom. The minimum Gasteiger partial charge on any atom is -0.312 e. The van der Waals surface area contributed by atoms with E-state index in [1.54, 1.807) is 0 Å². The number of hydrogen-bond donors (Lipinski definition) is 0. The Kier molecular flexibility index (Phi) is 2.91. The Bertz CT molecular complexity index is 402. The standard InChI is InChI=1S/C12H12BrNO/c1-2-9-6-12(15)14(8-9)11-5-3-4-10(13)7-11/h2-5,7,9H,1,6,8H2. The first-order chi connectivity index (χ1) is 7.20. The number of amides is 1. The van der Waals surface area contributed by atoms with Crippen LogP contribution in [-0.2, 0) is 4.79 Å². The molecule has 1 aromatic rings. The number of benzene rings is 1. The topological polar surface area (TPSA) is 20.3 Å². The molecular formula is C12H12BrNO. The second-order valence-corrected chi connectivity index (χ2v) is 4.60. The molecule has 1 aromatic carbocycles. The van der Waals surface area contributed by atoms with E-state index in [1.165, 1.54) is 0 Å². The zero-order valence-corrected chi connectivity index (χ0v) is 9.90. The average molecular weight is 266 g/mol. The molecule has 0 bridgehead atoms. The zero-order chi connectivity index (χ0) is 10.8. The van der Waals surface area contributed by atoms with E-state index in [0.29, 0.717) is 6.42 Å². The summed E-state index contributed by atoms with van der Waals surface area (Å²) >= 11 is 3.40. The summed E-state index contributed by atoms with van der Waals surface area (Å²) in [5.74, 6) is 0.467. The minimum atomic E-state index is 0.179. The van der Waals surface area contributed by atoms with Crippen LogP contribution in [0.25, 0.3) is 0 Å². The number of carbonyl (C=O) groups is 1. The second-order valence-electron chi connectivity index (χ2n) is 3.68. The van der Waals surface area contributed by atoms with Crippen LogP contribution in [0, 0.1) is 5.92 Å². The van der Waals surface area contributed by atoms with Crippen LogP contribution in [-0.4, -0.2) is 12.5 Å². The lowest BCUT2D eigenvalue weighted by Crippen LogP contribution is -2.24. The molecule has 78 valence electrons. The Morgan fingerprint density at radius 3 is 2.93 bits per heavy atom. The molecule has 0 N–H and O–H groups in total. The third-order valence-corrected chi connectivity index (χ3v) is 3.10. The van der Waals surface area contributed by atoms with Gasteiger partial charge in [0.25, 0.3) is 0 Å². The maximum Gasteiger partial charge on any atom is 0.227 e. The Hall–Kier alpha value is -1.09. The van der Waals surface area contributed by atoms with Gasteiger partial charge in [0.05, 0.1) is 0 Å². The summed E-state index contributed by atoms with van der Waals surface area (Å²) in [6, 6.07) is 7.81. The predicted molar refractivity (Wildman–Crippen MR) is 64.8 cm³/mol. The molecule has 1 aliphatic heterocycles. The van der Waals surface area contributed by atoms with Crippen molar-refractivity contribution in [3.8, 4) is 0 Å². The summed E-state index contributed by atoms with van der Waals surface area (Å²) in [6.45, 7) is 4.48.